The molecule has 0 N–H and O–H groups in total. The summed E-state index contributed by atoms with van der Waals surface area (Å²) in [5.74, 6) is 0.404. The van der Waals surface area contributed by atoms with E-state index in [1.807, 2.05) is 11.8 Å². The number of fused-ring (bicyclic) bond motifs is 3. The Kier molecular flexibility index (Phi) is 5.41. The second-order valence-corrected chi connectivity index (χ2v) is 9.19. The fraction of sp³-hybridized carbons (Fsp3) is 0.550. The Hall–Kier alpha value is -1.60. The monoisotopic (exact) mass is 403 g/mol. The van der Waals surface area contributed by atoms with Crippen molar-refractivity contribution in [3.63, 3.8) is 0 Å². The summed E-state index contributed by atoms with van der Waals surface area (Å²) in [6.07, 6.45) is 9.77. The van der Waals surface area contributed by atoms with Crippen LogP contribution in [0.2, 0.25) is 0 Å². The maximum absolute atomic E-state index is 12.9. The van der Waals surface area contributed by atoms with E-state index in [1.54, 1.807) is 23.0 Å². The normalized spacial score (nSPS) is 16.4. The number of allylic oxidation sites excluding steroid dienone is 2. The van der Waals surface area contributed by atoms with Gasteiger partial charge in [-0.25, -0.2) is 4.98 Å². The molecule has 0 aromatic carbocycles. The lowest BCUT2D eigenvalue weighted by molar-refractivity contribution is -0.126. The van der Waals surface area contributed by atoms with Crippen LogP contribution in [-0.2, 0) is 24.7 Å². The predicted octanol–water partition coefficient (Wildman–Crippen LogP) is 3.88. The van der Waals surface area contributed by atoms with Gasteiger partial charge in [-0.2, -0.15) is 0 Å². The fourth-order valence-electron chi connectivity index (χ4n) is 4.04. The largest absolute Gasteiger partial charge is 0.316 e. The number of rotatable bonds is 5. The molecule has 0 radical (unpaired) electrons. The van der Waals surface area contributed by atoms with Crippen LogP contribution in [0.5, 0.6) is 0 Å². The van der Waals surface area contributed by atoms with Crippen molar-refractivity contribution >= 4 is 39.2 Å². The van der Waals surface area contributed by atoms with Gasteiger partial charge in [0, 0.05) is 24.2 Å². The number of hydrogen-bond donors (Lipinski definition) is 0. The van der Waals surface area contributed by atoms with Crippen LogP contribution in [0.15, 0.2) is 21.7 Å². The molecule has 0 spiro atoms. The summed E-state index contributed by atoms with van der Waals surface area (Å²) in [5, 5.41) is 1.43. The van der Waals surface area contributed by atoms with Gasteiger partial charge < -0.3 is 4.90 Å². The van der Waals surface area contributed by atoms with Gasteiger partial charge in [-0.1, -0.05) is 17.8 Å². The van der Waals surface area contributed by atoms with Gasteiger partial charge in [-0.15, -0.1) is 11.3 Å². The van der Waals surface area contributed by atoms with Crippen molar-refractivity contribution in [3.8, 4) is 0 Å². The van der Waals surface area contributed by atoms with Crippen molar-refractivity contribution in [1.82, 2.24) is 14.5 Å². The first-order valence-electron chi connectivity index (χ1n) is 9.73. The highest BCUT2D eigenvalue weighted by molar-refractivity contribution is 7.99. The molecule has 4 rings (SSSR count). The standard InChI is InChI=1S/C20H25N3O2S2/c1-3-23(13-8-5-4-6-9-13)16(24)12-26-20-21-18-17(19(25)22(20)2)14-10-7-11-15(14)27-18/h8H,3-7,9-12H2,1-2H3. The van der Waals surface area contributed by atoms with Crippen molar-refractivity contribution in [3.05, 3.63) is 32.6 Å². The van der Waals surface area contributed by atoms with E-state index in [4.69, 9.17) is 4.98 Å². The van der Waals surface area contributed by atoms with Crippen molar-refractivity contribution in [2.75, 3.05) is 12.3 Å². The second kappa shape index (κ2) is 7.80. The summed E-state index contributed by atoms with van der Waals surface area (Å²) in [5.41, 5.74) is 2.38. The number of thiophene rings is 1. The van der Waals surface area contributed by atoms with Crippen molar-refractivity contribution < 1.29 is 4.79 Å². The molecular formula is C20H25N3O2S2. The van der Waals surface area contributed by atoms with Gasteiger partial charge in [0.05, 0.1) is 11.1 Å². The number of carbonyl (C=O) groups excluding carboxylic acids is 1. The van der Waals surface area contributed by atoms with E-state index in [9.17, 15) is 9.59 Å². The minimum Gasteiger partial charge on any atom is -0.316 e. The van der Waals surface area contributed by atoms with Crippen LogP contribution in [0, 0.1) is 0 Å². The first kappa shape index (κ1) is 18.7. The molecule has 2 aromatic heterocycles. The number of aryl methyl sites for hydroxylation is 2. The van der Waals surface area contributed by atoms with E-state index in [2.05, 4.69) is 6.08 Å². The molecule has 2 aromatic rings. The first-order valence-corrected chi connectivity index (χ1v) is 11.5. The lowest BCUT2D eigenvalue weighted by Gasteiger charge is -2.26. The lowest BCUT2D eigenvalue weighted by Crippen LogP contribution is -2.32. The second-order valence-electron chi connectivity index (χ2n) is 7.16. The smallest absolute Gasteiger partial charge is 0.262 e. The number of carbonyl (C=O) groups is 1. The number of nitrogens with zero attached hydrogens (tertiary/aromatic N) is 3. The van der Waals surface area contributed by atoms with Gasteiger partial charge in [0.25, 0.3) is 5.56 Å². The molecule has 0 atom stereocenters. The van der Waals surface area contributed by atoms with Gasteiger partial charge in [0.15, 0.2) is 5.16 Å². The van der Waals surface area contributed by atoms with Crippen LogP contribution in [0.4, 0.5) is 0 Å². The van der Waals surface area contributed by atoms with Gasteiger partial charge in [-0.05, 0) is 57.4 Å². The zero-order valence-corrected chi connectivity index (χ0v) is 17.5. The third-order valence-electron chi connectivity index (χ3n) is 5.46. The molecule has 1 amide bonds. The van der Waals surface area contributed by atoms with E-state index in [-0.39, 0.29) is 11.5 Å². The summed E-state index contributed by atoms with van der Waals surface area (Å²) >= 11 is 3.02. The summed E-state index contributed by atoms with van der Waals surface area (Å²) < 4.78 is 1.61. The molecule has 7 heteroatoms. The van der Waals surface area contributed by atoms with Crippen LogP contribution in [0.25, 0.3) is 10.2 Å². The average Bonchev–Trinajstić information content (AvgIpc) is 3.25. The Balaban J connectivity index is 1.55. The minimum absolute atomic E-state index is 0.0247. The molecule has 0 saturated heterocycles. The van der Waals surface area contributed by atoms with Crippen LogP contribution >= 0.6 is 23.1 Å². The van der Waals surface area contributed by atoms with Crippen molar-refractivity contribution in [2.45, 2.75) is 57.0 Å². The lowest BCUT2D eigenvalue weighted by atomic mass is 10.0. The quantitative estimate of drug-likeness (QED) is 0.562. The van der Waals surface area contributed by atoms with Crippen LogP contribution in [0.3, 0.4) is 0 Å². The number of aromatic nitrogens is 2. The number of thioether (sulfide) groups is 1. The van der Waals surface area contributed by atoms with Crippen LogP contribution in [-0.4, -0.2) is 32.7 Å². The molecule has 0 fully saturated rings. The van der Waals surface area contributed by atoms with Gasteiger partial charge in [0.2, 0.25) is 5.91 Å². The Morgan fingerprint density at radius 1 is 1.30 bits per heavy atom. The first-order chi connectivity index (χ1) is 13.1. The van der Waals surface area contributed by atoms with Crippen LogP contribution < -0.4 is 5.56 Å². The minimum atomic E-state index is 0.0247. The van der Waals surface area contributed by atoms with Gasteiger partial charge >= 0.3 is 0 Å². The molecule has 2 aliphatic rings. The zero-order valence-electron chi connectivity index (χ0n) is 15.9. The molecule has 2 aliphatic carbocycles. The molecule has 0 aliphatic heterocycles. The van der Waals surface area contributed by atoms with Crippen molar-refractivity contribution in [2.24, 2.45) is 7.05 Å². The maximum Gasteiger partial charge on any atom is 0.262 e. The third-order valence-corrected chi connectivity index (χ3v) is 7.66. The number of hydrogen-bond acceptors (Lipinski definition) is 5. The number of amides is 1. The van der Waals surface area contributed by atoms with E-state index in [0.29, 0.717) is 17.5 Å². The molecule has 0 unspecified atom stereocenters. The Morgan fingerprint density at radius 3 is 2.89 bits per heavy atom. The maximum atomic E-state index is 12.9. The summed E-state index contributed by atoms with van der Waals surface area (Å²) in [6.45, 7) is 2.71. The van der Waals surface area contributed by atoms with Crippen LogP contribution in [0.1, 0.15) is 49.5 Å². The Bertz CT molecular complexity index is 974. The Morgan fingerprint density at radius 2 is 2.15 bits per heavy atom. The molecule has 0 bridgehead atoms. The predicted molar refractivity (Wildman–Crippen MR) is 112 cm³/mol. The highest BCUT2D eigenvalue weighted by Gasteiger charge is 2.23. The van der Waals surface area contributed by atoms with E-state index >= 15 is 0 Å². The zero-order chi connectivity index (χ0) is 19.0. The average molecular weight is 404 g/mol. The van der Waals surface area contributed by atoms with E-state index in [0.717, 1.165) is 54.4 Å². The van der Waals surface area contributed by atoms with E-state index in [1.165, 1.54) is 28.6 Å². The SMILES string of the molecule is CCN(C(=O)CSc1nc2sc3c(c2c(=O)n1C)CCC3)C1=CCCCC1. The molecular weight excluding hydrogens is 378 g/mol. The summed E-state index contributed by atoms with van der Waals surface area (Å²) in [7, 11) is 1.77. The summed E-state index contributed by atoms with van der Waals surface area (Å²) in [6, 6.07) is 0. The summed E-state index contributed by atoms with van der Waals surface area (Å²) in [4.78, 5) is 34.4. The van der Waals surface area contributed by atoms with Gasteiger partial charge in [0.1, 0.15) is 4.83 Å². The highest BCUT2D eigenvalue weighted by atomic mass is 32.2. The highest BCUT2D eigenvalue weighted by Crippen LogP contribution is 2.35. The molecule has 5 nitrogen and oxygen atoms in total. The fourth-order valence-corrected chi connectivity index (χ4v) is 6.20. The molecule has 2 heterocycles. The van der Waals surface area contributed by atoms with Crippen molar-refractivity contribution in [1.29, 1.82) is 0 Å². The molecule has 144 valence electrons. The third kappa shape index (κ3) is 3.47. The Labute approximate surface area is 167 Å². The van der Waals surface area contributed by atoms with Gasteiger partial charge in [-0.3, -0.25) is 14.2 Å². The molecule has 0 saturated carbocycles. The topological polar surface area (TPSA) is 55.2 Å². The molecule has 27 heavy (non-hydrogen) atoms. The van der Waals surface area contributed by atoms with E-state index < -0.39 is 0 Å².